The van der Waals surface area contributed by atoms with E-state index in [0.717, 1.165) is 47.1 Å². The van der Waals surface area contributed by atoms with Crippen molar-refractivity contribution in [3.8, 4) is 17.1 Å². The van der Waals surface area contributed by atoms with Crippen molar-refractivity contribution in [2.45, 2.75) is 43.9 Å². The number of nitrogens with one attached hydrogen (secondary N) is 1. The highest BCUT2D eigenvalue weighted by molar-refractivity contribution is 7.80. The predicted molar refractivity (Wildman–Crippen MR) is 141 cm³/mol. The Morgan fingerprint density at radius 2 is 1.66 bits per heavy atom. The second-order valence-electron chi connectivity index (χ2n) is 9.08. The first-order valence-corrected chi connectivity index (χ1v) is 12.6. The lowest BCUT2D eigenvalue weighted by molar-refractivity contribution is 0.210. The van der Waals surface area contributed by atoms with Gasteiger partial charge in [-0.15, -0.1) is 0 Å². The standard InChI is InChI=1S/C29H27N3O2S/c35-29-31-27(24-12-6-7-19-30-24)28(26-18-17-25(34-26)20-8-2-1-3-9-20)32(29)21-13-15-23(16-14-21)33-22-10-4-5-11-22/h1-3,6-9,12-19,22,27-28H,4-5,10-11H2,(H,31,35)/t27-,28-/m1/s1. The maximum absolute atomic E-state index is 6.42. The lowest BCUT2D eigenvalue weighted by Crippen LogP contribution is -2.29. The summed E-state index contributed by atoms with van der Waals surface area (Å²) in [7, 11) is 0. The first kappa shape index (κ1) is 21.9. The van der Waals surface area contributed by atoms with Crippen LogP contribution >= 0.6 is 12.2 Å². The third-order valence-electron chi connectivity index (χ3n) is 6.79. The number of nitrogens with zero attached hydrogens (tertiary/aromatic N) is 2. The number of pyridine rings is 1. The molecule has 2 aromatic heterocycles. The monoisotopic (exact) mass is 481 g/mol. The SMILES string of the molecule is S=C1N[C@H](c2ccccn2)[C@@H](c2ccc(-c3ccccc3)o2)N1c1ccc(OC2CCCC2)cc1. The highest BCUT2D eigenvalue weighted by Crippen LogP contribution is 2.43. The third kappa shape index (κ3) is 4.42. The van der Waals surface area contributed by atoms with E-state index in [0.29, 0.717) is 11.2 Å². The summed E-state index contributed by atoms with van der Waals surface area (Å²) in [6.45, 7) is 0. The molecule has 2 aromatic carbocycles. The highest BCUT2D eigenvalue weighted by Gasteiger charge is 2.42. The van der Waals surface area contributed by atoms with Crippen molar-refractivity contribution in [2.75, 3.05) is 4.90 Å². The zero-order valence-corrected chi connectivity index (χ0v) is 20.2. The molecule has 5 nitrogen and oxygen atoms in total. The fraction of sp³-hybridized carbons (Fsp3) is 0.241. The van der Waals surface area contributed by atoms with Gasteiger partial charge >= 0.3 is 0 Å². The normalized spacial score (nSPS) is 20.2. The van der Waals surface area contributed by atoms with Crippen LogP contribution in [0.5, 0.6) is 5.75 Å². The van der Waals surface area contributed by atoms with E-state index < -0.39 is 0 Å². The van der Waals surface area contributed by atoms with Crippen molar-refractivity contribution >= 4 is 23.0 Å². The van der Waals surface area contributed by atoms with Crippen molar-refractivity contribution in [1.29, 1.82) is 0 Å². The summed E-state index contributed by atoms with van der Waals surface area (Å²) >= 11 is 5.84. The summed E-state index contributed by atoms with van der Waals surface area (Å²) in [4.78, 5) is 6.75. The van der Waals surface area contributed by atoms with Gasteiger partial charge in [0, 0.05) is 17.4 Å². The van der Waals surface area contributed by atoms with E-state index in [2.05, 4.69) is 39.5 Å². The fourth-order valence-electron chi connectivity index (χ4n) is 5.08. The van der Waals surface area contributed by atoms with E-state index in [4.69, 9.17) is 21.4 Å². The molecule has 0 radical (unpaired) electrons. The van der Waals surface area contributed by atoms with Crippen LogP contribution < -0.4 is 15.0 Å². The maximum Gasteiger partial charge on any atom is 0.174 e. The van der Waals surface area contributed by atoms with Crippen LogP contribution in [0.2, 0.25) is 0 Å². The number of hydrogen-bond donors (Lipinski definition) is 1. The first-order chi connectivity index (χ1) is 17.3. The number of ether oxygens (including phenoxy) is 1. The molecule has 2 fully saturated rings. The molecule has 1 saturated carbocycles. The van der Waals surface area contributed by atoms with E-state index >= 15 is 0 Å². The Kier molecular flexibility index (Phi) is 5.96. The Hall–Kier alpha value is -3.64. The van der Waals surface area contributed by atoms with Gasteiger partial charge in [-0.25, -0.2) is 0 Å². The van der Waals surface area contributed by atoms with Crippen molar-refractivity contribution < 1.29 is 9.15 Å². The van der Waals surface area contributed by atoms with Gasteiger partial charge in [-0.05, 0) is 86.4 Å². The molecule has 2 atom stereocenters. The lowest BCUT2D eigenvalue weighted by Gasteiger charge is -2.26. The summed E-state index contributed by atoms with van der Waals surface area (Å²) in [6.07, 6.45) is 6.92. The molecule has 1 aliphatic carbocycles. The summed E-state index contributed by atoms with van der Waals surface area (Å²) in [5.41, 5.74) is 2.95. The number of aromatic nitrogens is 1. The average molecular weight is 482 g/mol. The van der Waals surface area contributed by atoms with Crippen LogP contribution in [0.3, 0.4) is 0 Å². The number of rotatable bonds is 6. The zero-order valence-electron chi connectivity index (χ0n) is 19.3. The van der Waals surface area contributed by atoms with Gasteiger partial charge in [0.15, 0.2) is 5.11 Å². The second kappa shape index (κ2) is 9.55. The minimum atomic E-state index is -0.184. The molecule has 6 rings (SSSR count). The molecule has 3 heterocycles. The maximum atomic E-state index is 6.42. The zero-order chi connectivity index (χ0) is 23.6. The number of hydrogen-bond acceptors (Lipinski definition) is 4. The molecule has 1 aliphatic heterocycles. The molecule has 0 spiro atoms. The van der Waals surface area contributed by atoms with E-state index in [1.165, 1.54) is 12.8 Å². The Balaban J connectivity index is 1.35. The number of thiocarbonyl (C=S) groups is 1. The van der Waals surface area contributed by atoms with Gasteiger partial charge in [0.2, 0.25) is 0 Å². The molecule has 35 heavy (non-hydrogen) atoms. The van der Waals surface area contributed by atoms with Crippen molar-refractivity contribution in [3.63, 3.8) is 0 Å². The average Bonchev–Trinajstić information content (AvgIpc) is 3.66. The van der Waals surface area contributed by atoms with Gasteiger partial charge in [-0.2, -0.15) is 0 Å². The third-order valence-corrected chi connectivity index (χ3v) is 7.11. The molecule has 2 aliphatic rings. The van der Waals surface area contributed by atoms with Crippen LogP contribution in [0.1, 0.15) is 49.2 Å². The fourth-order valence-corrected chi connectivity index (χ4v) is 5.42. The summed E-state index contributed by atoms with van der Waals surface area (Å²) in [6, 6.07) is 28.1. The van der Waals surface area contributed by atoms with E-state index in [9.17, 15) is 0 Å². The van der Waals surface area contributed by atoms with Crippen molar-refractivity contribution in [3.05, 3.63) is 103 Å². The van der Waals surface area contributed by atoms with E-state index in [-0.39, 0.29) is 12.1 Å². The molecule has 4 aromatic rings. The molecule has 0 unspecified atom stereocenters. The van der Waals surface area contributed by atoms with Crippen LogP contribution in [-0.2, 0) is 0 Å². The molecule has 176 valence electrons. The van der Waals surface area contributed by atoms with Crippen LogP contribution in [0, 0.1) is 0 Å². The number of benzene rings is 2. The van der Waals surface area contributed by atoms with Crippen molar-refractivity contribution in [2.24, 2.45) is 0 Å². The molecule has 1 N–H and O–H groups in total. The van der Waals surface area contributed by atoms with E-state index in [1.807, 2.05) is 66.9 Å². The smallest absolute Gasteiger partial charge is 0.174 e. The lowest BCUT2D eigenvalue weighted by atomic mass is 10.0. The van der Waals surface area contributed by atoms with Gasteiger partial charge in [0.25, 0.3) is 0 Å². The predicted octanol–water partition coefficient (Wildman–Crippen LogP) is 6.84. The molecule has 0 bridgehead atoms. The summed E-state index contributed by atoms with van der Waals surface area (Å²) < 4.78 is 12.6. The first-order valence-electron chi connectivity index (χ1n) is 12.2. The summed E-state index contributed by atoms with van der Waals surface area (Å²) in [5.74, 6) is 2.57. The Morgan fingerprint density at radius 1 is 0.886 bits per heavy atom. The summed E-state index contributed by atoms with van der Waals surface area (Å²) in [5, 5.41) is 4.14. The van der Waals surface area contributed by atoms with Gasteiger partial charge in [0.1, 0.15) is 23.3 Å². The molecule has 1 saturated heterocycles. The van der Waals surface area contributed by atoms with Crippen molar-refractivity contribution in [1.82, 2.24) is 10.3 Å². The minimum absolute atomic E-state index is 0.145. The minimum Gasteiger partial charge on any atom is -0.490 e. The molecular weight excluding hydrogens is 454 g/mol. The number of furan rings is 1. The molecule has 0 amide bonds. The Bertz CT molecular complexity index is 1280. The second-order valence-corrected chi connectivity index (χ2v) is 9.47. The molecular formula is C29H27N3O2S. The largest absolute Gasteiger partial charge is 0.490 e. The van der Waals surface area contributed by atoms with E-state index in [1.54, 1.807) is 0 Å². The quantitative estimate of drug-likeness (QED) is 0.304. The van der Waals surface area contributed by atoms with Crippen LogP contribution in [0.15, 0.2) is 95.5 Å². The van der Waals surface area contributed by atoms with Gasteiger partial charge in [-0.1, -0.05) is 36.4 Å². The highest BCUT2D eigenvalue weighted by atomic mass is 32.1. The van der Waals surface area contributed by atoms with Gasteiger partial charge in [0.05, 0.1) is 17.8 Å². The Morgan fingerprint density at radius 3 is 2.40 bits per heavy atom. The van der Waals surface area contributed by atoms with Gasteiger partial charge in [-0.3, -0.25) is 4.98 Å². The van der Waals surface area contributed by atoms with Crippen LogP contribution in [0.25, 0.3) is 11.3 Å². The Labute approximate surface area is 210 Å². The van der Waals surface area contributed by atoms with Gasteiger partial charge < -0.3 is 19.4 Å². The molecule has 6 heteroatoms. The van der Waals surface area contributed by atoms with Crippen LogP contribution in [-0.4, -0.2) is 16.2 Å². The van der Waals surface area contributed by atoms with Crippen LogP contribution in [0.4, 0.5) is 5.69 Å². The number of anilines is 1. The topological polar surface area (TPSA) is 50.5 Å².